The quantitative estimate of drug-likeness (QED) is 0.751. The number of rotatable bonds is 5. The summed E-state index contributed by atoms with van der Waals surface area (Å²) in [4.78, 5) is 23.2. The Hall–Kier alpha value is -2.04. The maximum Gasteiger partial charge on any atom is 0.251 e. The first-order chi connectivity index (χ1) is 8.90. The number of hydrogen-bond acceptors (Lipinski definition) is 3. The van der Waals surface area contributed by atoms with Crippen LogP contribution in [0.2, 0.25) is 0 Å². The van der Waals surface area contributed by atoms with Crippen LogP contribution in [0.3, 0.4) is 0 Å². The molecule has 0 saturated carbocycles. The summed E-state index contributed by atoms with van der Waals surface area (Å²) < 4.78 is 0. The molecule has 0 heterocycles. The van der Waals surface area contributed by atoms with Crippen LogP contribution in [-0.2, 0) is 4.79 Å². The zero-order valence-corrected chi connectivity index (χ0v) is 11.5. The standard InChI is InChI=1S/C14H20N2O3/c1-9(2)16-13(18)6-7-15-14(19)11-4-5-12(17)10(3)8-11/h4-5,8-9,17H,6-7H2,1-3H3,(H,15,19)(H,16,18). The van der Waals surface area contributed by atoms with Crippen molar-refractivity contribution in [3.05, 3.63) is 29.3 Å². The molecule has 0 unspecified atom stereocenters. The summed E-state index contributed by atoms with van der Waals surface area (Å²) in [6.07, 6.45) is 0.251. The van der Waals surface area contributed by atoms with E-state index in [1.165, 1.54) is 6.07 Å². The molecule has 0 bridgehead atoms. The minimum Gasteiger partial charge on any atom is -0.508 e. The van der Waals surface area contributed by atoms with Crippen molar-refractivity contribution in [2.24, 2.45) is 0 Å². The Morgan fingerprint density at radius 2 is 2.00 bits per heavy atom. The van der Waals surface area contributed by atoms with Crippen molar-refractivity contribution < 1.29 is 14.7 Å². The Morgan fingerprint density at radius 3 is 2.58 bits per heavy atom. The van der Waals surface area contributed by atoms with Crippen molar-refractivity contribution in [2.75, 3.05) is 6.54 Å². The van der Waals surface area contributed by atoms with Gasteiger partial charge in [0.1, 0.15) is 5.75 Å². The van der Waals surface area contributed by atoms with Crippen molar-refractivity contribution in [3.8, 4) is 5.75 Å². The molecule has 5 nitrogen and oxygen atoms in total. The largest absolute Gasteiger partial charge is 0.508 e. The molecule has 0 saturated heterocycles. The predicted molar refractivity (Wildman–Crippen MR) is 73.1 cm³/mol. The highest BCUT2D eigenvalue weighted by atomic mass is 16.3. The monoisotopic (exact) mass is 264 g/mol. The second-order valence-corrected chi connectivity index (χ2v) is 4.73. The molecule has 0 radical (unpaired) electrons. The fourth-order valence-corrected chi connectivity index (χ4v) is 1.58. The van der Waals surface area contributed by atoms with Crippen molar-refractivity contribution in [1.29, 1.82) is 0 Å². The van der Waals surface area contributed by atoms with E-state index in [1.807, 2.05) is 13.8 Å². The van der Waals surface area contributed by atoms with Gasteiger partial charge in [0.25, 0.3) is 5.91 Å². The van der Waals surface area contributed by atoms with Gasteiger partial charge in [0.15, 0.2) is 0 Å². The Balaban J connectivity index is 2.43. The summed E-state index contributed by atoms with van der Waals surface area (Å²) in [6, 6.07) is 4.74. The number of hydrogen-bond donors (Lipinski definition) is 3. The molecule has 3 N–H and O–H groups in total. The molecule has 5 heteroatoms. The summed E-state index contributed by atoms with van der Waals surface area (Å²) in [5.41, 5.74) is 1.12. The normalized spacial score (nSPS) is 10.3. The molecule has 0 aliphatic heterocycles. The highest BCUT2D eigenvalue weighted by Gasteiger charge is 2.08. The maximum absolute atomic E-state index is 11.8. The van der Waals surface area contributed by atoms with Crippen molar-refractivity contribution in [2.45, 2.75) is 33.2 Å². The predicted octanol–water partition coefficient (Wildman–Crippen LogP) is 1.35. The number of benzene rings is 1. The first-order valence-electron chi connectivity index (χ1n) is 6.27. The van der Waals surface area contributed by atoms with Crippen molar-refractivity contribution in [3.63, 3.8) is 0 Å². The lowest BCUT2D eigenvalue weighted by molar-refractivity contribution is -0.121. The van der Waals surface area contributed by atoms with Crippen molar-refractivity contribution >= 4 is 11.8 Å². The number of nitrogens with one attached hydrogen (secondary N) is 2. The van der Waals surface area contributed by atoms with Gasteiger partial charge in [-0.05, 0) is 44.5 Å². The van der Waals surface area contributed by atoms with E-state index in [1.54, 1.807) is 19.1 Å². The third-order valence-corrected chi connectivity index (χ3v) is 2.55. The highest BCUT2D eigenvalue weighted by Crippen LogP contribution is 2.16. The van der Waals surface area contributed by atoms with Crippen LogP contribution in [0.25, 0.3) is 0 Å². The van der Waals surface area contributed by atoms with Crippen LogP contribution >= 0.6 is 0 Å². The molecular formula is C14H20N2O3. The molecule has 0 atom stereocenters. The summed E-state index contributed by atoms with van der Waals surface area (Å²) in [6.45, 7) is 5.78. The Morgan fingerprint density at radius 1 is 1.32 bits per heavy atom. The summed E-state index contributed by atoms with van der Waals surface area (Å²) in [5.74, 6) is -0.175. The van der Waals surface area contributed by atoms with Crippen molar-refractivity contribution in [1.82, 2.24) is 10.6 Å². The maximum atomic E-state index is 11.8. The van der Waals surface area contributed by atoms with Gasteiger partial charge in [-0.1, -0.05) is 0 Å². The first kappa shape index (κ1) is 15.0. The lowest BCUT2D eigenvalue weighted by atomic mass is 10.1. The minimum atomic E-state index is -0.250. The fraction of sp³-hybridized carbons (Fsp3) is 0.429. The Kier molecular flexibility index (Phi) is 5.36. The SMILES string of the molecule is Cc1cc(C(=O)NCCC(=O)NC(C)C)ccc1O. The average molecular weight is 264 g/mol. The van der Waals surface area contributed by atoms with Gasteiger partial charge in [0.2, 0.25) is 5.91 Å². The second-order valence-electron chi connectivity index (χ2n) is 4.73. The van der Waals surface area contributed by atoms with E-state index in [4.69, 9.17) is 0 Å². The van der Waals surface area contributed by atoms with Gasteiger partial charge >= 0.3 is 0 Å². The first-order valence-corrected chi connectivity index (χ1v) is 6.27. The molecule has 0 aromatic heterocycles. The number of carbonyl (C=O) groups is 2. The lowest BCUT2D eigenvalue weighted by Gasteiger charge is -2.09. The van der Waals surface area contributed by atoms with E-state index in [-0.39, 0.29) is 36.6 Å². The molecule has 0 fully saturated rings. The molecule has 1 aromatic carbocycles. The molecule has 1 rings (SSSR count). The molecule has 0 aliphatic carbocycles. The smallest absolute Gasteiger partial charge is 0.251 e. The molecule has 19 heavy (non-hydrogen) atoms. The van der Waals surface area contributed by atoms with Crippen LogP contribution < -0.4 is 10.6 Å². The minimum absolute atomic E-state index is 0.0859. The van der Waals surface area contributed by atoms with E-state index in [2.05, 4.69) is 10.6 Å². The number of phenolic OH excluding ortho intramolecular Hbond substituents is 1. The second kappa shape index (κ2) is 6.78. The summed E-state index contributed by atoms with van der Waals surface area (Å²) >= 11 is 0. The number of carbonyl (C=O) groups excluding carboxylic acids is 2. The van der Waals surface area contributed by atoms with Crippen LogP contribution in [0.15, 0.2) is 18.2 Å². The van der Waals surface area contributed by atoms with Gasteiger partial charge < -0.3 is 15.7 Å². The Bertz CT molecular complexity index is 470. The fourth-order valence-electron chi connectivity index (χ4n) is 1.58. The lowest BCUT2D eigenvalue weighted by Crippen LogP contribution is -2.34. The van der Waals surface area contributed by atoms with Crippen LogP contribution in [0.5, 0.6) is 5.75 Å². The van der Waals surface area contributed by atoms with Gasteiger partial charge in [-0.2, -0.15) is 0 Å². The van der Waals surface area contributed by atoms with E-state index in [0.717, 1.165) is 0 Å². The van der Waals surface area contributed by atoms with Crippen LogP contribution in [0, 0.1) is 6.92 Å². The average Bonchev–Trinajstić information content (AvgIpc) is 2.31. The topological polar surface area (TPSA) is 78.4 Å². The molecule has 2 amide bonds. The van der Waals surface area contributed by atoms with E-state index in [0.29, 0.717) is 11.1 Å². The number of phenols is 1. The van der Waals surface area contributed by atoms with Gasteiger partial charge in [-0.25, -0.2) is 0 Å². The third-order valence-electron chi connectivity index (χ3n) is 2.55. The van der Waals surface area contributed by atoms with Crippen LogP contribution in [0.1, 0.15) is 36.2 Å². The highest BCUT2D eigenvalue weighted by molar-refractivity contribution is 5.94. The summed E-state index contributed by atoms with van der Waals surface area (Å²) in [5, 5.41) is 14.8. The zero-order valence-electron chi connectivity index (χ0n) is 11.5. The third kappa shape index (κ3) is 4.99. The molecule has 0 aliphatic rings. The van der Waals surface area contributed by atoms with Gasteiger partial charge in [0.05, 0.1) is 0 Å². The molecule has 0 spiro atoms. The molecular weight excluding hydrogens is 244 g/mol. The van der Waals surface area contributed by atoms with Crippen LogP contribution in [-0.4, -0.2) is 29.5 Å². The van der Waals surface area contributed by atoms with Gasteiger partial charge in [0, 0.05) is 24.6 Å². The van der Waals surface area contributed by atoms with E-state index >= 15 is 0 Å². The summed E-state index contributed by atoms with van der Waals surface area (Å²) in [7, 11) is 0. The van der Waals surface area contributed by atoms with E-state index in [9.17, 15) is 14.7 Å². The zero-order chi connectivity index (χ0) is 14.4. The molecule has 1 aromatic rings. The number of aryl methyl sites for hydroxylation is 1. The number of aromatic hydroxyl groups is 1. The van der Waals surface area contributed by atoms with Gasteiger partial charge in [-0.15, -0.1) is 0 Å². The van der Waals surface area contributed by atoms with Crippen LogP contribution in [0.4, 0.5) is 0 Å². The number of amides is 2. The molecule has 104 valence electrons. The van der Waals surface area contributed by atoms with E-state index < -0.39 is 0 Å². The van der Waals surface area contributed by atoms with Gasteiger partial charge in [-0.3, -0.25) is 9.59 Å². The Labute approximate surface area is 113 Å².